The molecule has 1 N–H and O–H groups in total. The van der Waals surface area contributed by atoms with E-state index in [1.54, 1.807) is 44.3 Å². The molecule has 3 heterocycles. The van der Waals surface area contributed by atoms with E-state index in [1.807, 2.05) is 12.1 Å². The zero-order chi connectivity index (χ0) is 16.6. The summed E-state index contributed by atoms with van der Waals surface area (Å²) in [5.41, 5.74) is 1.42. The van der Waals surface area contributed by atoms with E-state index in [9.17, 15) is 9.59 Å². The molecule has 3 rings (SSSR count). The number of amides is 2. The molecule has 1 aliphatic rings. The Morgan fingerprint density at radius 2 is 2.22 bits per heavy atom. The lowest BCUT2D eigenvalue weighted by molar-refractivity contribution is -0.127. The molecule has 1 fully saturated rings. The van der Waals surface area contributed by atoms with E-state index in [0.717, 1.165) is 5.56 Å². The van der Waals surface area contributed by atoms with Crippen LogP contribution in [0.2, 0.25) is 0 Å². The summed E-state index contributed by atoms with van der Waals surface area (Å²) in [6.07, 6.45) is 3.69. The van der Waals surface area contributed by atoms with Crippen LogP contribution in [0, 0.1) is 13.8 Å². The lowest BCUT2D eigenvalue weighted by Crippen LogP contribution is -2.39. The van der Waals surface area contributed by atoms with Gasteiger partial charge in [0.1, 0.15) is 11.5 Å². The summed E-state index contributed by atoms with van der Waals surface area (Å²) in [7, 11) is 1.75. The van der Waals surface area contributed by atoms with Crippen LogP contribution in [0.3, 0.4) is 0 Å². The van der Waals surface area contributed by atoms with Gasteiger partial charge in [0.2, 0.25) is 5.91 Å². The first kappa shape index (κ1) is 15.3. The molecule has 0 radical (unpaired) electrons. The van der Waals surface area contributed by atoms with Crippen LogP contribution in [0.5, 0.6) is 0 Å². The van der Waals surface area contributed by atoms with Crippen molar-refractivity contribution in [2.45, 2.75) is 32.4 Å². The molecule has 2 aromatic heterocycles. The minimum Gasteiger partial charge on any atom is -0.466 e. The predicted molar refractivity (Wildman–Crippen MR) is 83.8 cm³/mol. The molecule has 2 aromatic rings. The van der Waals surface area contributed by atoms with Crippen molar-refractivity contribution in [2.75, 3.05) is 7.05 Å². The van der Waals surface area contributed by atoms with E-state index in [4.69, 9.17) is 4.42 Å². The fraction of sp³-hybridized carbons (Fsp3) is 0.353. The number of nitrogens with one attached hydrogen (secondary N) is 1. The van der Waals surface area contributed by atoms with Gasteiger partial charge in [-0.3, -0.25) is 14.6 Å². The number of furan rings is 1. The molecule has 1 saturated heterocycles. The molecule has 23 heavy (non-hydrogen) atoms. The highest BCUT2D eigenvalue weighted by molar-refractivity contribution is 5.96. The van der Waals surface area contributed by atoms with Gasteiger partial charge < -0.3 is 14.6 Å². The van der Waals surface area contributed by atoms with Gasteiger partial charge in [0.25, 0.3) is 5.91 Å². The first-order valence-corrected chi connectivity index (χ1v) is 7.51. The summed E-state index contributed by atoms with van der Waals surface area (Å²) < 4.78 is 5.41. The molecule has 2 atom stereocenters. The van der Waals surface area contributed by atoms with E-state index in [1.165, 1.54) is 0 Å². The maximum Gasteiger partial charge on any atom is 0.255 e. The Kier molecular flexibility index (Phi) is 3.90. The molecule has 0 bridgehead atoms. The quantitative estimate of drug-likeness (QED) is 0.940. The Bertz CT molecular complexity index is 739. The Morgan fingerprint density at radius 3 is 2.83 bits per heavy atom. The molecular weight excluding hydrogens is 294 g/mol. The summed E-state index contributed by atoms with van der Waals surface area (Å²) in [5.74, 6) is 1.05. The number of carbonyl (C=O) groups is 2. The fourth-order valence-electron chi connectivity index (χ4n) is 3.11. The van der Waals surface area contributed by atoms with Crippen LogP contribution in [0.4, 0.5) is 0 Å². The van der Waals surface area contributed by atoms with Crippen LogP contribution in [-0.4, -0.2) is 34.8 Å². The van der Waals surface area contributed by atoms with E-state index >= 15 is 0 Å². The highest BCUT2D eigenvalue weighted by atomic mass is 16.3. The van der Waals surface area contributed by atoms with Crippen molar-refractivity contribution in [3.05, 3.63) is 53.2 Å². The van der Waals surface area contributed by atoms with Gasteiger partial charge in [-0.05, 0) is 31.5 Å². The highest BCUT2D eigenvalue weighted by Crippen LogP contribution is 2.31. The molecular formula is C17H19N3O3. The molecule has 1 aliphatic heterocycles. The SMILES string of the molecule is Cc1cc(C(=O)N[C@@H]2CC(=O)N(C)[C@H]2c2cccnc2)c(C)o1. The lowest BCUT2D eigenvalue weighted by atomic mass is 10.0. The van der Waals surface area contributed by atoms with Crippen LogP contribution in [0.15, 0.2) is 35.0 Å². The maximum absolute atomic E-state index is 12.5. The molecule has 6 nitrogen and oxygen atoms in total. The molecule has 0 aromatic carbocycles. The van der Waals surface area contributed by atoms with Gasteiger partial charge in [-0.2, -0.15) is 0 Å². The minimum absolute atomic E-state index is 0.00393. The predicted octanol–water partition coefficient (Wildman–Crippen LogP) is 1.99. The Labute approximate surface area is 134 Å². The van der Waals surface area contributed by atoms with Crippen LogP contribution in [0.25, 0.3) is 0 Å². The van der Waals surface area contributed by atoms with E-state index in [2.05, 4.69) is 10.3 Å². The first-order valence-electron chi connectivity index (χ1n) is 7.51. The Morgan fingerprint density at radius 1 is 1.43 bits per heavy atom. The lowest BCUT2D eigenvalue weighted by Gasteiger charge is -2.25. The Hall–Kier alpha value is -2.63. The van der Waals surface area contributed by atoms with Crippen LogP contribution < -0.4 is 5.32 Å². The molecule has 0 saturated carbocycles. The number of carbonyl (C=O) groups excluding carboxylic acids is 2. The van der Waals surface area contributed by atoms with Crippen molar-refractivity contribution < 1.29 is 14.0 Å². The summed E-state index contributed by atoms with van der Waals surface area (Å²) >= 11 is 0. The van der Waals surface area contributed by atoms with Crippen molar-refractivity contribution in [2.24, 2.45) is 0 Å². The average molecular weight is 313 g/mol. The van der Waals surface area contributed by atoms with Crippen molar-refractivity contribution >= 4 is 11.8 Å². The van der Waals surface area contributed by atoms with Crippen LogP contribution >= 0.6 is 0 Å². The van der Waals surface area contributed by atoms with Gasteiger partial charge >= 0.3 is 0 Å². The van der Waals surface area contributed by atoms with Gasteiger partial charge in [0.05, 0.1) is 17.6 Å². The van der Waals surface area contributed by atoms with Gasteiger partial charge in [-0.25, -0.2) is 0 Å². The molecule has 2 amide bonds. The molecule has 120 valence electrons. The van der Waals surface area contributed by atoms with Crippen LogP contribution in [-0.2, 0) is 4.79 Å². The summed E-state index contributed by atoms with van der Waals surface area (Å²) in [5, 5.41) is 2.97. The second kappa shape index (κ2) is 5.87. The van der Waals surface area contributed by atoms with Gasteiger partial charge in [0.15, 0.2) is 0 Å². The number of aromatic nitrogens is 1. The van der Waals surface area contributed by atoms with E-state index in [-0.39, 0.29) is 30.3 Å². The molecule has 0 unspecified atom stereocenters. The summed E-state index contributed by atoms with van der Waals surface area (Å²) in [6.45, 7) is 3.56. The third-order valence-electron chi connectivity index (χ3n) is 4.21. The van der Waals surface area contributed by atoms with Gasteiger partial charge in [-0.15, -0.1) is 0 Å². The van der Waals surface area contributed by atoms with Crippen molar-refractivity contribution in [3.63, 3.8) is 0 Å². The van der Waals surface area contributed by atoms with Crippen molar-refractivity contribution in [3.8, 4) is 0 Å². The standard InChI is InChI=1S/C17H19N3O3/c1-10-7-13(11(2)23-10)17(22)19-14-8-15(21)20(3)16(14)12-5-4-6-18-9-12/h4-7,9,14,16H,8H2,1-3H3,(H,19,22)/t14-,16+/m1/s1. The normalized spacial score (nSPS) is 20.8. The summed E-state index contributed by atoms with van der Waals surface area (Å²) in [4.78, 5) is 30.4. The number of pyridine rings is 1. The van der Waals surface area contributed by atoms with Gasteiger partial charge in [-0.1, -0.05) is 6.07 Å². The second-order valence-corrected chi connectivity index (χ2v) is 5.85. The first-order chi connectivity index (χ1) is 11.0. The number of likely N-dealkylation sites (tertiary alicyclic amines) is 1. The van der Waals surface area contributed by atoms with Gasteiger partial charge in [0, 0.05) is 25.9 Å². The topological polar surface area (TPSA) is 75.4 Å². The van der Waals surface area contributed by atoms with E-state index < -0.39 is 0 Å². The molecule has 0 spiro atoms. The highest BCUT2D eigenvalue weighted by Gasteiger charge is 2.39. The zero-order valence-corrected chi connectivity index (χ0v) is 13.4. The molecule has 0 aliphatic carbocycles. The number of likely N-dealkylation sites (N-methyl/N-ethyl adjacent to an activating group) is 1. The number of rotatable bonds is 3. The largest absolute Gasteiger partial charge is 0.466 e. The number of hydrogen-bond donors (Lipinski definition) is 1. The minimum atomic E-state index is -0.293. The van der Waals surface area contributed by atoms with E-state index in [0.29, 0.717) is 17.1 Å². The number of aryl methyl sites for hydroxylation is 2. The monoisotopic (exact) mass is 313 g/mol. The van der Waals surface area contributed by atoms with Crippen LogP contribution in [0.1, 0.15) is 39.9 Å². The molecule has 6 heteroatoms. The van der Waals surface area contributed by atoms with Crippen molar-refractivity contribution in [1.82, 2.24) is 15.2 Å². The number of hydrogen-bond acceptors (Lipinski definition) is 4. The smallest absolute Gasteiger partial charge is 0.255 e. The third-order valence-corrected chi connectivity index (χ3v) is 4.21. The Balaban J connectivity index is 1.84. The maximum atomic E-state index is 12.5. The second-order valence-electron chi connectivity index (χ2n) is 5.85. The average Bonchev–Trinajstić information content (AvgIpc) is 2.99. The zero-order valence-electron chi connectivity index (χ0n) is 13.4. The third kappa shape index (κ3) is 2.84. The summed E-state index contributed by atoms with van der Waals surface area (Å²) in [6, 6.07) is 4.95. The van der Waals surface area contributed by atoms with Crippen molar-refractivity contribution in [1.29, 1.82) is 0 Å². The fourth-order valence-corrected chi connectivity index (χ4v) is 3.11. The number of nitrogens with zero attached hydrogens (tertiary/aromatic N) is 2.